The van der Waals surface area contributed by atoms with Crippen molar-refractivity contribution in [2.24, 2.45) is 0 Å². The summed E-state index contributed by atoms with van der Waals surface area (Å²) in [6, 6.07) is 0. The van der Waals surface area contributed by atoms with Crippen LogP contribution in [0.5, 0.6) is 0 Å². The van der Waals surface area contributed by atoms with Crippen molar-refractivity contribution >= 4 is 11.9 Å². The van der Waals surface area contributed by atoms with Crippen molar-refractivity contribution in [1.82, 2.24) is 0 Å². The van der Waals surface area contributed by atoms with Gasteiger partial charge in [-0.15, -0.1) is 12.8 Å². The molecule has 0 spiro atoms. The molecule has 0 fully saturated rings. The highest BCUT2D eigenvalue weighted by atomic mass is 16.4. The Hall–Kier alpha value is -1.50. The van der Waals surface area contributed by atoms with Crippen LogP contribution in [0.25, 0.3) is 0 Å². The lowest BCUT2D eigenvalue weighted by Gasteiger charge is -1.72. The summed E-state index contributed by atoms with van der Waals surface area (Å²) in [5.41, 5.74) is 0. The summed E-state index contributed by atoms with van der Waals surface area (Å²) in [6.45, 7) is 0. The van der Waals surface area contributed by atoms with E-state index in [1.54, 1.807) is 0 Å². The molecule has 0 heterocycles. The second-order valence-corrected chi connectivity index (χ2v) is 0.610. The van der Waals surface area contributed by atoms with Crippen LogP contribution in [0, 0.1) is 12.8 Å². The minimum Gasteiger partial charge on any atom is -0.473 e. The van der Waals surface area contributed by atoms with Gasteiger partial charge in [0.15, 0.2) is 0 Å². The zero-order valence-corrected chi connectivity index (χ0v) is 3.87. The summed E-state index contributed by atoms with van der Waals surface area (Å²) < 4.78 is 0. The molecule has 4 heteroatoms. The number of hydrogen-bond donors (Lipinski definition) is 2. The monoisotopic (exact) mass is 116 g/mol. The third-order valence-corrected chi connectivity index (χ3v) is 0.183. The smallest absolute Gasteiger partial charge is 0.414 e. The van der Waals surface area contributed by atoms with E-state index < -0.39 is 11.9 Å². The molecule has 0 saturated carbocycles. The van der Waals surface area contributed by atoms with Crippen molar-refractivity contribution < 1.29 is 19.8 Å². The lowest BCUT2D eigenvalue weighted by Crippen LogP contribution is -2.09. The van der Waals surface area contributed by atoms with Crippen LogP contribution in [0.4, 0.5) is 0 Å². The van der Waals surface area contributed by atoms with Gasteiger partial charge in [0, 0.05) is 0 Å². The molecule has 0 aromatic heterocycles. The molecule has 0 aliphatic rings. The molecule has 2 N–H and O–H groups in total. The average Bonchev–Trinajstić information content (AvgIpc) is 1.72. The Morgan fingerprint density at radius 1 is 1.00 bits per heavy atom. The maximum atomic E-state index is 9.10. The van der Waals surface area contributed by atoms with Crippen LogP contribution < -0.4 is 0 Å². The van der Waals surface area contributed by atoms with Crippen molar-refractivity contribution in [2.45, 2.75) is 0 Å². The van der Waals surface area contributed by atoms with Crippen LogP contribution in [0.1, 0.15) is 0 Å². The van der Waals surface area contributed by atoms with Crippen LogP contribution in [-0.4, -0.2) is 22.2 Å². The summed E-state index contributed by atoms with van der Waals surface area (Å²) >= 11 is 0. The van der Waals surface area contributed by atoms with Gasteiger partial charge in [-0.3, -0.25) is 0 Å². The quantitative estimate of drug-likeness (QED) is 0.327. The first-order valence-electron chi connectivity index (χ1n) is 1.44. The zero-order valence-electron chi connectivity index (χ0n) is 3.87. The van der Waals surface area contributed by atoms with E-state index in [-0.39, 0.29) is 0 Å². The van der Waals surface area contributed by atoms with E-state index in [2.05, 4.69) is 12.8 Å². The Kier molecular flexibility index (Phi) is 6.68. The second kappa shape index (κ2) is 5.50. The van der Waals surface area contributed by atoms with Crippen LogP contribution >= 0.6 is 0 Å². The van der Waals surface area contributed by atoms with Crippen LogP contribution in [0.2, 0.25) is 0 Å². The van der Waals surface area contributed by atoms with Gasteiger partial charge in [-0.25, -0.2) is 9.59 Å². The van der Waals surface area contributed by atoms with Gasteiger partial charge in [-0.05, 0) is 0 Å². The van der Waals surface area contributed by atoms with Gasteiger partial charge < -0.3 is 10.2 Å². The summed E-state index contributed by atoms with van der Waals surface area (Å²) in [5.74, 6) is -3.65. The van der Waals surface area contributed by atoms with E-state index in [4.69, 9.17) is 19.8 Å². The SMILES string of the molecule is C#C.O=C(O)C(=O)O. The molecule has 44 valence electrons. The average molecular weight is 116 g/mol. The van der Waals surface area contributed by atoms with Crippen LogP contribution in [0.3, 0.4) is 0 Å². The molecule has 0 aliphatic carbocycles. The number of terminal acetylenes is 1. The minimum atomic E-state index is -1.82. The normalized spacial score (nSPS) is 5.75. The Morgan fingerprint density at radius 2 is 1.12 bits per heavy atom. The summed E-state index contributed by atoms with van der Waals surface area (Å²) in [7, 11) is 0. The molecule has 0 unspecified atom stereocenters. The third kappa shape index (κ3) is 8.82. The van der Waals surface area contributed by atoms with Crippen molar-refractivity contribution in [3.8, 4) is 12.8 Å². The minimum absolute atomic E-state index is 1.82. The highest BCUT2D eigenvalue weighted by Crippen LogP contribution is 1.56. The molecule has 0 atom stereocenters. The zero-order chi connectivity index (χ0) is 7.15. The van der Waals surface area contributed by atoms with Gasteiger partial charge in [0.1, 0.15) is 0 Å². The maximum Gasteiger partial charge on any atom is 0.414 e. The van der Waals surface area contributed by atoms with Crippen molar-refractivity contribution in [2.75, 3.05) is 0 Å². The maximum absolute atomic E-state index is 9.10. The standard InChI is InChI=1S/C2H2O4.C2H2/c3-1(4)2(5)6;1-2/h(H,3,4)(H,5,6);1-2H. The Labute approximate surface area is 45.8 Å². The van der Waals surface area contributed by atoms with E-state index in [1.165, 1.54) is 0 Å². The van der Waals surface area contributed by atoms with E-state index in [0.29, 0.717) is 0 Å². The lowest BCUT2D eigenvalue weighted by atomic mass is 10.7. The van der Waals surface area contributed by atoms with Crippen molar-refractivity contribution in [3.05, 3.63) is 0 Å². The number of rotatable bonds is 0. The Bertz CT molecular complexity index is 100. The first kappa shape index (κ1) is 9.71. The molecule has 0 aromatic rings. The predicted molar refractivity (Wildman–Crippen MR) is 25.2 cm³/mol. The van der Waals surface area contributed by atoms with Gasteiger partial charge in [0.2, 0.25) is 0 Å². The molecule has 0 radical (unpaired) electrons. The highest BCUT2D eigenvalue weighted by molar-refractivity contribution is 6.27. The highest BCUT2D eigenvalue weighted by Gasteiger charge is 2.04. The number of carboxylic acid groups (broad SMARTS) is 2. The fourth-order valence-corrected chi connectivity index (χ4v) is 0. The summed E-state index contributed by atoms with van der Waals surface area (Å²) in [6.07, 6.45) is 8.00. The second-order valence-electron chi connectivity index (χ2n) is 0.610. The topological polar surface area (TPSA) is 74.6 Å². The van der Waals surface area contributed by atoms with Gasteiger partial charge in [0.05, 0.1) is 0 Å². The molecule has 4 nitrogen and oxygen atoms in total. The van der Waals surface area contributed by atoms with E-state index in [1.807, 2.05) is 0 Å². The molecule has 0 aliphatic heterocycles. The van der Waals surface area contributed by atoms with E-state index >= 15 is 0 Å². The predicted octanol–water partition coefficient (Wildman–Crippen LogP) is -0.595. The fourth-order valence-electron chi connectivity index (χ4n) is 0. The first-order chi connectivity index (χ1) is 3.64. The largest absolute Gasteiger partial charge is 0.473 e. The Morgan fingerprint density at radius 3 is 1.12 bits per heavy atom. The van der Waals surface area contributed by atoms with Gasteiger partial charge in [-0.1, -0.05) is 0 Å². The number of carbonyl (C=O) groups is 2. The first-order valence-corrected chi connectivity index (χ1v) is 1.44. The number of aliphatic carboxylic acids is 2. The van der Waals surface area contributed by atoms with Crippen molar-refractivity contribution in [1.29, 1.82) is 0 Å². The number of hydrogen-bond acceptors (Lipinski definition) is 2. The third-order valence-electron chi connectivity index (χ3n) is 0.183. The summed E-state index contributed by atoms with van der Waals surface area (Å²) in [4.78, 5) is 18.2. The molecule has 0 aromatic carbocycles. The molecule has 0 bridgehead atoms. The molecular weight excluding hydrogens is 112 g/mol. The van der Waals surface area contributed by atoms with E-state index in [9.17, 15) is 0 Å². The van der Waals surface area contributed by atoms with Gasteiger partial charge in [0.25, 0.3) is 0 Å². The fraction of sp³-hybridized carbons (Fsp3) is 0. The molecule has 0 rings (SSSR count). The molecule has 0 amide bonds. The number of carboxylic acids is 2. The Balaban J connectivity index is 0. The van der Waals surface area contributed by atoms with Crippen molar-refractivity contribution in [3.63, 3.8) is 0 Å². The molecule has 0 saturated heterocycles. The molecule has 8 heavy (non-hydrogen) atoms. The van der Waals surface area contributed by atoms with Gasteiger partial charge in [-0.2, -0.15) is 0 Å². The lowest BCUT2D eigenvalue weighted by molar-refractivity contribution is -0.159. The van der Waals surface area contributed by atoms with Crippen LogP contribution in [0.15, 0.2) is 0 Å². The summed E-state index contributed by atoms with van der Waals surface area (Å²) in [5, 5.41) is 14.8. The van der Waals surface area contributed by atoms with Gasteiger partial charge >= 0.3 is 11.9 Å². The van der Waals surface area contributed by atoms with E-state index in [0.717, 1.165) is 0 Å². The van der Waals surface area contributed by atoms with Crippen LogP contribution in [-0.2, 0) is 9.59 Å². The molecular formula is C4H4O4.